The summed E-state index contributed by atoms with van der Waals surface area (Å²) < 4.78 is 31.2. The smallest absolute Gasteiger partial charge is 0.231 e. The van der Waals surface area contributed by atoms with Crippen molar-refractivity contribution >= 4 is 11.9 Å². The Morgan fingerprint density at radius 3 is 2.83 bits per heavy atom. The van der Waals surface area contributed by atoms with Gasteiger partial charge in [0.25, 0.3) is 0 Å². The molecule has 2 aromatic carbocycles. The fraction of sp³-hybridized carbons (Fsp3) is 0.174. The van der Waals surface area contributed by atoms with Crippen molar-refractivity contribution in [3.8, 4) is 11.5 Å². The van der Waals surface area contributed by atoms with Gasteiger partial charge in [0, 0.05) is 23.2 Å². The fourth-order valence-electron chi connectivity index (χ4n) is 3.75. The Labute approximate surface area is 167 Å². The summed E-state index contributed by atoms with van der Waals surface area (Å²) in [4.78, 5) is 15.0. The predicted octanol–water partition coefficient (Wildman–Crippen LogP) is 4.70. The van der Waals surface area contributed by atoms with Gasteiger partial charge in [-0.1, -0.05) is 18.2 Å². The molecular formula is C23H18FNO4. The average Bonchev–Trinajstić information content (AvgIpc) is 3.33. The zero-order valence-electron chi connectivity index (χ0n) is 15.8. The summed E-state index contributed by atoms with van der Waals surface area (Å²) in [7, 11) is 0. The molecule has 0 aliphatic carbocycles. The lowest BCUT2D eigenvalue weighted by Crippen LogP contribution is -2.31. The summed E-state index contributed by atoms with van der Waals surface area (Å²) >= 11 is 0. The minimum Gasteiger partial charge on any atom is -0.477 e. The van der Waals surface area contributed by atoms with Gasteiger partial charge in [0.1, 0.15) is 29.8 Å². The topological polar surface area (TPSA) is 51.9 Å². The van der Waals surface area contributed by atoms with Crippen LogP contribution < -0.4 is 9.47 Å². The Bertz CT molecular complexity index is 1130. The van der Waals surface area contributed by atoms with Gasteiger partial charge in [-0.2, -0.15) is 0 Å². The molecule has 0 amide bonds. The molecule has 0 spiro atoms. The van der Waals surface area contributed by atoms with Crippen molar-refractivity contribution in [3.63, 3.8) is 0 Å². The molecule has 2 aliphatic heterocycles. The third-order valence-electron chi connectivity index (χ3n) is 5.15. The molecule has 3 aromatic rings. The van der Waals surface area contributed by atoms with Gasteiger partial charge in [-0.3, -0.25) is 9.69 Å². The maximum Gasteiger partial charge on any atom is 0.231 e. The number of furan rings is 1. The summed E-state index contributed by atoms with van der Waals surface area (Å²) in [6.07, 6.45) is 3.09. The summed E-state index contributed by atoms with van der Waals surface area (Å²) in [6, 6.07) is 11.9. The van der Waals surface area contributed by atoms with Crippen LogP contribution in [0.15, 0.2) is 58.9 Å². The molecule has 5 nitrogen and oxygen atoms in total. The Hall–Kier alpha value is -3.38. The average molecular weight is 391 g/mol. The number of allylic oxidation sites excluding steroid dienone is 1. The van der Waals surface area contributed by atoms with Crippen LogP contribution in [0.3, 0.4) is 0 Å². The molecular weight excluding hydrogens is 373 g/mol. The number of hydrogen-bond donors (Lipinski definition) is 0. The largest absolute Gasteiger partial charge is 0.477 e. The van der Waals surface area contributed by atoms with E-state index in [1.165, 1.54) is 12.1 Å². The second-order valence-corrected chi connectivity index (χ2v) is 7.17. The van der Waals surface area contributed by atoms with Crippen molar-refractivity contribution < 1.29 is 23.1 Å². The van der Waals surface area contributed by atoms with Crippen LogP contribution in [0.2, 0.25) is 0 Å². The first-order valence-corrected chi connectivity index (χ1v) is 9.33. The van der Waals surface area contributed by atoms with Crippen LogP contribution >= 0.6 is 0 Å². The first kappa shape index (κ1) is 17.7. The fourth-order valence-corrected chi connectivity index (χ4v) is 3.75. The zero-order valence-corrected chi connectivity index (χ0v) is 15.8. The van der Waals surface area contributed by atoms with Crippen LogP contribution in [-0.2, 0) is 13.1 Å². The number of halogens is 1. The number of hydrogen-bond acceptors (Lipinski definition) is 5. The predicted molar refractivity (Wildman–Crippen MR) is 104 cm³/mol. The molecule has 0 radical (unpaired) electrons. The molecule has 146 valence electrons. The summed E-state index contributed by atoms with van der Waals surface area (Å²) in [5.74, 6) is 1.53. The van der Waals surface area contributed by atoms with E-state index in [1.54, 1.807) is 24.5 Å². The van der Waals surface area contributed by atoms with Gasteiger partial charge < -0.3 is 13.9 Å². The van der Waals surface area contributed by atoms with Crippen molar-refractivity contribution in [2.45, 2.75) is 20.0 Å². The minimum absolute atomic E-state index is 0.114. The standard InChI is InChI=1S/C23H18FNO4/c1-14-22-16(11-25(13-28-22)12-17-6-4-8-27-17)9-18-21(26)20(29-23(14)18)10-15-5-2-3-7-19(15)24/h2-10H,11-13H2,1H3/b20-10-. The van der Waals surface area contributed by atoms with Crippen molar-refractivity contribution in [2.24, 2.45) is 0 Å². The normalized spacial score (nSPS) is 17.0. The number of carbonyl (C=O) groups is 1. The highest BCUT2D eigenvalue weighted by atomic mass is 19.1. The quantitative estimate of drug-likeness (QED) is 0.606. The third kappa shape index (κ3) is 3.11. The number of benzene rings is 2. The molecule has 0 saturated carbocycles. The van der Waals surface area contributed by atoms with Crippen molar-refractivity contribution in [1.82, 2.24) is 4.90 Å². The lowest BCUT2D eigenvalue weighted by Gasteiger charge is -2.29. The maximum atomic E-state index is 14.0. The molecule has 0 bridgehead atoms. The first-order chi connectivity index (χ1) is 14.1. The number of ketones is 1. The van der Waals surface area contributed by atoms with Crippen LogP contribution in [0.5, 0.6) is 11.5 Å². The third-order valence-corrected chi connectivity index (χ3v) is 5.15. The molecule has 6 heteroatoms. The van der Waals surface area contributed by atoms with Crippen LogP contribution in [0, 0.1) is 12.7 Å². The van der Waals surface area contributed by atoms with Crippen LogP contribution in [0.4, 0.5) is 4.39 Å². The Balaban J connectivity index is 1.46. The van der Waals surface area contributed by atoms with E-state index >= 15 is 0 Å². The molecule has 29 heavy (non-hydrogen) atoms. The van der Waals surface area contributed by atoms with Crippen molar-refractivity contribution in [3.05, 3.63) is 88.3 Å². The van der Waals surface area contributed by atoms with Gasteiger partial charge in [0.15, 0.2) is 5.76 Å². The van der Waals surface area contributed by atoms with E-state index in [9.17, 15) is 9.18 Å². The molecule has 5 rings (SSSR count). The van der Waals surface area contributed by atoms with Crippen LogP contribution in [0.25, 0.3) is 6.08 Å². The van der Waals surface area contributed by atoms with Gasteiger partial charge >= 0.3 is 0 Å². The monoisotopic (exact) mass is 391 g/mol. The van der Waals surface area contributed by atoms with E-state index in [1.807, 2.05) is 25.1 Å². The minimum atomic E-state index is -0.403. The zero-order chi connectivity index (χ0) is 20.0. The van der Waals surface area contributed by atoms with E-state index in [0.717, 1.165) is 22.6 Å². The molecule has 0 saturated heterocycles. The second kappa shape index (κ2) is 6.90. The molecule has 3 heterocycles. The van der Waals surface area contributed by atoms with E-state index in [0.29, 0.717) is 36.7 Å². The Kier molecular flexibility index (Phi) is 4.21. The number of fused-ring (bicyclic) bond motifs is 2. The molecule has 0 unspecified atom stereocenters. The molecule has 2 aliphatic rings. The van der Waals surface area contributed by atoms with Crippen molar-refractivity contribution in [1.29, 1.82) is 0 Å². The van der Waals surface area contributed by atoms with Gasteiger partial charge in [0.2, 0.25) is 5.78 Å². The molecule has 1 aromatic heterocycles. The van der Waals surface area contributed by atoms with E-state index < -0.39 is 5.82 Å². The lowest BCUT2D eigenvalue weighted by atomic mass is 10.00. The van der Waals surface area contributed by atoms with Gasteiger partial charge in [-0.05, 0) is 37.3 Å². The van der Waals surface area contributed by atoms with Gasteiger partial charge in [0.05, 0.1) is 18.4 Å². The summed E-state index contributed by atoms with van der Waals surface area (Å²) in [6.45, 7) is 3.54. The van der Waals surface area contributed by atoms with E-state index in [-0.39, 0.29) is 11.5 Å². The van der Waals surface area contributed by atoms with E-state index in [2.05, 4.69) is 4.90 Å². The molecule has 0 atom stereocenters. The lowest BCUT2D eigenvalue weighted by molar-refractivity contribution is 0.0813. The van der Waals surface area contributed by atoms with E-state index in [4.69, 9.17) is 13.9 Å². The Morgan fingerprint density at radius 1 is 1.17 bits per heavy atom. The highest BCUT2D eigenvalue weighted by Gasteiger charge is 2.33. The van der Waals surface area contributed by atoms with Crippen molar-refractivity contribution in [2.75, 3.05) is 6.73 Å². The number of carbonyl (C=O) groups excluding carboxylic acids is 1. The SMILES string of the molecule is Cc1c2c(cc3c1O/C(=C\c1ccccc1F)C3=O)CN(Cc1ccco1)CO2. The van der Waals surface area contributed by atoms with Gasteiger partial charge in [-0.15, -0.1) is 0 Å². The highest BCUT2D eigenvalue weighted by Crippen LogP contribution is 2.43. The second-order valence-electron chi connectivity index (χ2n) is 7.17. The first-order valence-electron chi connectivity index (χ1n) is 9.33. The van der Waals surface area contributed by atoms with Crippen LogP contribution in [-0.4, -0.2) is 17.4 Å². The number of rotatable bonds is 3. The summed E-state index contributed by atoms with van der Waals surface area (Å²) in [5.41, 5.74) is 2.49. The number of Topliss-reactive ketones (excluding diaryl/α,β-unsaturated/α-hetero) is 1. The molecule has 0 N–H and O–H groups in total. The number of nitrogens with zero attached hydrogens (tertiary/aromatic N) is 1. The highest BCUT2D eigenvalue weighted by molar-refractivity contribution is 6.15. The number of ether oxygens (including phenoxy) is 2. The van der Waals surface area contributed by atoms with Gasteiger partial charge in [-0.25, -0.2) is 4.39 Å². The summed E-state index contributed by atoms with van der Waals surface area (Å²) in [5, 5.41) is 0. The van der Waals surface area contributed by atoms with Crippen LogP contribution in [0.1, 0.15) is 32.8 Å². The Morgan fingerprint density at radius 2 is 2.03 bits per heavy atom. The molecule has 0 fully saturated rings. The maximum absolute atomic E-state index is 14.0.